The second-order valence-electron chi connectivity index (χ2n) is 7.49. The van der Waals surface area contributed by atoms with Gasteiger partial charge in [0, 0.05) is 17.3 Å². The number of imide groups is 1. The van der Waals surface area contributed by atoms with Gasteiger partial charge in [-0.3, -0.25) is 9.59 Å². The third kappa shape index (κ3) is 2.63. The fourth-order valence-corrected chi connectivity index (χ4v) is 4.25. The van der Waals surface area contributed by atoms with Crippen LogP contribution in [0.25, 0.3) is 16.7 Å². The zero-order valence-corrected chi connectivity index (χ0v) is 17.6. The number of anilines is 1. The van der Waals surface area contributed by atoms with Gasteiger partial charge in [-0.15, -0.1) is 0 Å². The molecular formula is C23H15ClN4O4. The number of carbonyl (C=O) groups is 2. The molecule has 0 aliphatic carbocycles. The zero-order chi connectivity index (χ0) is 22.0. The van der Waals surface area contributed by atoms with Gasteiger partial charge in [-0.2, -0.15) is 5.10 Å². The van der Waals surface area contributed by atoms with E-state index in [0.717, 1.165) is 10.6 Å². The van der Waals surface area contributed by atoms with E-state index in [1.54, 1.807) is 41.9 Å². The topological polar surface area (TPSA) is 86.6 Å². The molecule has 0 N–H and O–H groups in total. The Labute approximate surface area is 186 Å². The maximum Gasteiger partial charge on any atom is 0.267 e. The summed E-state index contributed by atoms with van der Waals surface area (Å²) in [5.74, 6) is 0.226. The van der Waals surface area contributed by atoms with E-state index in [4.69, 9.17) is 21.1 Å². The first-order valence-electron chi connectivity index (χ1n) is 9.95. The van der Waals surface area contributed by atoms with Gasteiger partial charge >= 0.3 is 0 Å². The first kappa shape index (κ1) is 18.8. The number of nitrogens with zero attached hydrogens (tertiary/aromatic N) is 4. The van der Waals surface area contributed by atoms with Gasteiger partial charge < -0.3 is 9.47 Å². The van der Waals surface area contributed by atoms with Crippen LogP contribution >= 0.6 is 11.6 Å². The minimum Gasteiger partial charge on any atom is -0.486 e. The zero-order valence-electron chi connectivity index (χ0n) is 16.8. The summed E-state index contributed by atoms with van der Waals surface area (Å²) < 4.78 is 12.8. The van der Waals surface area contributed by atoms with Gasteiger partial charge in [0.1, 0.15) is 13.2 Å². The van der Waals surface area contributed by atoms with Crippen molar-refractivity contribution in [2.75, 3.05) is 18.1 Å². The van der Waals surface area contributed by atoms with Gasteiger partial charge in [-0.25, -0.2) is 14.6 Å². The molecule has 0 radical (unpaired) electrons. The van der Waals surface area contributed by atoms with Crippen molar-refractivity contribution in [3.63, 3.8) is 0 Å². The Balaban J connectivity index is 1.49. The maximum atomic E-state index is 13.5. The number of hydrogen-bond acceptors (Lipinski definition) is 6. The summed E-state index contributed by atoms with van der Waals surface area (Å²) >= 11 is 6.00. The average molecular weight is 447 g/mol. The van der Waals surface area contributed by atoms with Gasteiger partial charge in [-0.05, 0) is 43.3 Å². The molecule has 6 rings (SSSR count). The first-order chi connectivity index (χ1) is 15.5. The van der Waals surface area contributed by atoms with Gasteiger partial charge in [0.2, 0.25) is 0 Å². The number of fused-ring (bicyclic) bond motifs is 4. The van der Waals surface area contributed by atoms with E-state index in [1.807, 2.05) is 12.1 Å². The molecule has 9 heteroatoms. The van der Waals surface area contributed by atoms with Crippen LogP contribution in [-0.4, -0.2) is 39.8 Å². The van der Waals surface area contributed by atoms with Crippen molar-refractivity contribution in [1.29, 1.82) is 0 Å². The van der Waals surface area contributed by atoms with Crippen LogP contribution in [0.3, 0.4) is 0 Å². The smallest absolute Gasteiger partial charge is 0.267 e. The van der Waals surface area contributed by atoms with E-state index >= 15 is 0 Å². The lowest BCUT2D eigenvalue weighted by Crippen LogP contribution is -2.29. The minimum atomic E-state index is -0.435. The Morgan fingerprint density at radius 3 is 2.44 bits per heavy atom. The molecule has 4 aromatic rings. The molecule has 2 aromatic heterocycles. The fourth-order valence-electron chi connectivity index (χ4n) is 4.13. The quantitative estimate of drug-likeness (QED) is 0.433. The number of aryl methyl sites for hydroxylation is 1. The molecule has 2 amide bonds. The van der Waals surface area contributed by atoms with Gasteiger partial charge in [-0.1, -0.05) is 11.6 Å². The number of halogens is 1. The van der Waals surface area contributed by atoms with Crippen LogP contribution in [0.1, 0.15) is 26.4 Å². The van der Waals surface area contributed by atoms with Gasteiger partial charge in [0.15, 0.2) is 17.1 Å². The molecule has 2 aromatic carbocycles. The second kappa shape index (κ2) is 6.80. The number of ether oxygens (including phenoxy) is 2. The summed E-state index contributed by atoms with van der Waals surface area (Å²) in [5.41, 5.74) is 2.80. The summed E-state index contributed by atoms with van der Waals surface area (Å²) in [6.45, 7) is 2.66. The third-order valence-corrected chi connectivity index (χ3v) is 5.83. The largest absolute Gasteiger partial charge is 0.486 e. The molecule has 0 spiro atoms. The molecule has 0 atom stereocenters. The monoisotopic (exact) mass is 446 g/mol. The maximum absolute atomic E-state index is 13.5. The highest BCUT2D eigenvalue weighted by atomic mass is 35.5. The lowest BCUT2D eigenvalue weighted by Gasteiger charge is -2.21. The van der Waals surface area contributed by atoms with E-state index < -0.39 is 11.8 Å². The number of carbonyl (C=O) groups excluding carboxylic acids is 2. The number of amides is 2. The van der Waals surface area contributed by atoms with E-state index in [-0.39, 0.29) is 5.56 Å². The van der Waals surface area contributed by atoms with Crippen molar-refractivity contribution in [1.82, 2.24) is 14.8 Å². The highest BCUT2D eigenvalue weighted by Crippen LogP contribution is 2.38. The Morgan fingerprint density at radius 2 is 1.66 bits per heavy atom. The van der Waals surface area contributed by atoms with Crippen LogP contribution < -0.4 is 14.4 Å². The van der Waals surface area contributed by atoms with Crippen LogP contribution in [0.2, 0.25) is 5.02 Å². The third-order valence-electron chi connectivity index (χ3n) is 5.58. The Bertz CT molecular complexity index is 1440. The predicted molar refractivity (Wildman–Crippen MR) is 117 cm³/mol. The van der Waals surface area contributed by atoms with Crippen LogP contribution in [0.5, 0.6) is 11.5 Å². The molecule has 0 unspecified atom stereocenters. The number of pyridine rings is 1. The molecule has 0 fully saturated rings. The normalized spacial score (nSPS) is 14.9. The Kier molecular flexibility index (Phi) is 4.00. The van der Waals surface area contributed by atoms with Crippen LogP contribution in [0.4, 0.5) is 5.69 Å². The summed E-state index contributed by atoms with van der Waals surface area (Å²) in [6, 6.07) is 12.2. The van der Waals surface area contributed by atoms with Crippen molar-refractivity contribution in [2.45, 2.75) is 6.92 Å². The minimum absolute atomic E-state index is 0.246. The van der Waals surface area contributed by atoms with Gasteiger partial charge in [0.25, 0.3) is 11.8 Å². The summed E-state index contributed by atoms with van der Waals surface area (Å²) in [5, 5.41) is 5.73. The lowest BCUT2D eigenvalue weighted by atomic mass is 10.1. The summed E-state index contributed by atoms with van der Waals surface area (Å²) in [4.78, 5) is 32.3. The van der Waals surface area contributed by atoms with Crippen LogP contribution in [0, 0.1) is 6.92 Å². The average Bonchev–Trinajstić information content (AvgIpc) is 3.27. The van der Waals surface area contributed by atoms with Crippen molar-refractivity contribution in [3.8, 4) is 17.2 Å². The van der Waals surface area contributed by atoms with Crippen molar-refractivity contribution in [2.24, 2.45) is 0 Å². The van der Waals surface area contributed by atoms with E-state index in [9.17, 15) is 9.59 Å². The molecule has 158 valence electrons. The van der Waals surface area contributed by atoms with E-state index in [2.05, 4.69) is 10.1 Å². The Hall–Kier alpha value is -3.91. The second-order valence-corrected chi connectivity index (χ2v) is 7.93. The van der Waals surface area contributed by atoms with E-state index in [1.165, 1.54) is 6.20 Å². The van der Waals surface area contributed by atoms with Gasteiger partial charge in [0.05, 0.1) is 33.6 Å². The van der Waals surface area contributed by atoms with Crippen molar-refractivity contribution < 1.29 is 19.1 Å². The molecule has 0 bridgehead atoms. The number of hydrogen-bond donors (Lipinski definition) is 0. The first-order valence-corrected chi connectivity index (χ1v) is 10.3. The molecule has 2 aliphatic rings. The lowest BCUT2D eigenvalue weighted by molar-refractivity contribution is 0.0926. The highest BCUT2D eigenvalue weighted by molar-refractivity contribution is 6.37. The molecule has 32 heavy (non-hydrogen) atoms. The number of rotatable bonds is 2. The molecular weight excluding hydrogens is 432 g/mol. The van der Waals surface area contributed by atoms with Crippen LogP contribution in [-0.2, 0) is 0 Å². The molecule has 0 saturated heterocycles. The molecule has 0 saturated carbocycles. The number of aromatic nitrogens is 3. The predicted octanol–water partition coefficient (Wildman–Crippen LogP) is 3.95. The molecule has 8 nitrogen and oxygen atoms in total. The van der Waals surface area contributed by atoms with E-state index in [0.29, 0.717) is 57.7 Å². The fraction of sp³-hybridized carbons (Fsp3) is 0.130. The summed E-state index contributed by atoms with van der Waals surface area (Å²) in [6.07, 6.45) is 1.43. The SMILES string of the molecule is Cc1nn(-c2ccc(Cl)cc2)c2ncc3c(c12)C(=O)N(c1ccc2c(c1)OCCO2)C3=O. The molecule has 2 aliphatic heterocycles. The standard InChI is InChI=1S/C23H15ClN4O4/c1-12-19-20-16(11-25-21(19)28(26-12)14-4-2-13(24)3-5-14)22(29)27(23(20)30)15-6-7-17-18(10-15)32-9-8-31-17/h2-7,10-11H,8-9H2,1H3. The Morgan fingerprint density at radius 1 is 0.938 bits per heavy atom. The highest BCUT2D eigenvalue weighted by Gasteiger charge is 2.40. The summed E-state index contributed by atoms with van der Waals surface area (Å²) in [7, 11) is 0. The number of benzene rings is 2. The van der Waals surface area contributed by atoms with Crippen molar-refractivity contribution >= 4 is 40.1 Å². The van der Waals surface area contributed by atoms with Crippen molar-refractivity contribution in [3.05, 3.63) is 70.5 Å². The van der Waals surface area contributed by atoms with Crippen LogP contribution in [0.15, 0.2) is 48.7 Å². The molecule has 4 heterocycles.